The molecule has 0 bridgehead atoms. The van der Waals surface area contributed by atoms with E-state index in [0.29, 0.717) is 11.6 Å². The molecule has 4 nitrogen and oxygen atoms in total. The number of hydrogen-bond donors (Lipinski definition) is 2. The Morgan fingerprint density at radius 1 is 1.29 bits per heavy atom. The van der Waals surface area contributed by atoms with Crippen molar-refractivity contribution in [2.45, 2.75) is 38.6 Å². The molecule has 0 spiro atoms. The fourth-order valence-corrected chi connectivity index (χ4v) is 3.00. The Hall–Kier alpha value is -1.55. The molecule has 0 atom stereocenters. The first-order chi connectivity index (χ1) is 10.1. The number of hydrogen-bond acceptors (Lipinski definition) is 3. The standard InChI is InChI=1S/C17H24N2O2/c1-12-10-15(20)4-5-16(12)17(21)19-8-6-14(7-9-19)18-11-13-2-3-13/h4-5,10,13-14,18,20H,2-3,6-9,11H2,1H3. The maximum Gasteiger partial charge on any atom is 0.254 e. The first kappa shape index (κ1) is 14.4. The van der Waals surface area contributed by atoms with Gasteiger partial charge in [0.1, 0.15) is 5.75 Å². The number of aryl methyl sites for hydroxylation is 1. The van der Waals surface area contributed by atoms with Crippen LogP contribution in [0.25, 0.3) is 0 Å². The van der Waals surface area contributed by atoms with Crippen molar-refractivity contribution in [3.63, 3.8) is 0 Å². The van der Waals surface area contributed by atoms with E-state index in [1.165, 1.54) is 12.8 Å². The van der Waals surface area contributed by atoms with E-state index in [-0.39, 0.29) is 11.7 Å². The summed E-state index contributed by atoms with van der Waals surface area (Å²) in [6, 6.07) is 5.53. The van der Waals surface area contributed by atoms with E-state index in [1.807, 2.05) is 11.8 Å². The van der Waals surface area contributed by atoms with Crippen LogP contribution in [0.5, 0.6) is 5.75 Å². The summed E-state index contributed by atoms with van der Waals surface area (Å²) >= 11 is 0. The fourth-order valence-electron chi connectivity index (χ4n) is 3.00. The van der Waals surface area contributed by atoms with E-state index in [9.17, 15) is 9.90 Å². The highest BCUT2D eigenvalue weighted by Gasteiger charge is 2.26. The molecule has 114 valence electrons. The van der Waals surface area contributed by atoms with Gasteiger partial charge in [0.05, 0.1) is 0 Å². The third-order valence-electron chi connectivity index (χ3n) is 4.61. The predicted octanol–water partition coefficient (Wildman–Crippen LogP) is 2.30. The molecule has 1 aliphatic carbocycles. The van der Waals surface area contributed by atoms with Crippen LogP contribution in [0.1, 0.15) is 41.6 Å². The molecule has 21 heavy (non-hydrogen) atoms. The van der Waals surface area contributed by atoms with Crippen LogP contribution >= 0.6 is 0 Å². The van der Waals surface area contributed by atoms with Crippen molar-refractivity contribution in [3.8, 4) is 5.75 Å². The van der Waals surface area contributed by atoms with E-state index in [0.717, 1.165) is 44.0 Å². The zero-order chi connectivity index (χ0) is 14.8. The molecule has 0 unspecified atom stereocenters. The molecular weight excluding hydrogens is 264 g/mol. The lowest BCUT2D eigenvalue weighted by molar-refractivity contribution is 0.0704. The lowest BCUT2D eigenvalue weighted by atomic mass is 10.0. The van der Waals surface area contributed by atoms with E-state index in [2.05, 4.69) is 5.32 Å². The number of phenolic OH excluding ortho intramolecular Hbond substituents is 1. The molecule has 1 saturated heterocycles. The van der Waals surface area contributed by atoms with Gasteiger partial charge < -0.3 is 15.3 Å². The predicted molar refractivity (Wildman–Crippen MR) is 82.5 cm³/mol. The Bertz CT molecular complexity index is 518. The maximum atomic E-state index is 12.5. The van der Waals surface area contributed by atoms with Crippen LogP contribution in [0.2, 0.25) is 0 Å². The van der Waals surface area contributed by atoms with Crippen molar-refractivity contribution < 1.29 is 9.90 Å². The monoisotopic (exact) mass is 288 g/mol. The van der Waals surface area contributed by atoms with Gasteiger partial charge in [0.2, 0.25) is 0 Å². The number of nitrogens with one attached hydrogen (secondary N) is 1. The molecule has 2 fully saturated rings. The molecule has 1 aromatic carbocycles. The van der Waals surface area contributed by atoms with E-state index in [1.54, 1.807) is 18.2 Å². The summed E-state index contributed by atoms with van der Waals surface area (Å²) in [5.74, 6) is 1.21. The van der Waals surface area contributed by atoms with Gasteiger partial charge in [-0.2, -0.15) is 0 Å². The molecule has 2 N–H and O–H groups in total. The minimum absolute atomic E-state index is 0.0909. The zero-order valence-electron chi connectivity index (χ0n) is 12.6. The van der Waals surface area contributed by atoms with Crippen molar-refractivity contribution in [2.75, 3.05) is 19.6 Å². The molecule has 1 aromatic rings. The van der Waals surface area contributed by atoms with Gasteiger partial charge >= 0.3 is 0 Å². The highest BCUT2D eigenvalue weighted by atomic mass is 16.3. The number of rotatable bonds is 4. The zero-order valence-corrected chi connectivity index (χ0v) is 12.6. The smallest absolute Gasteiger partial charge is 0.254 e. The number of amides is 1. The summed E-state index contributed by atoms with van der Waals surface area (Å²) < 4.78 is 0. The minimum Gasteiger partial charge on any atom is -0.508 e. The highest BCUT2D eigenvalue weighted by Crippen LogP contribution is 2.28. The molecule has 1 heterocycles. The molecule has 4 heteroatoms. The topological polar surface area (TPSA) is 52.6 Å². The Morgan fingerprint density at radius 2 is 2.00 bits per heavy atom. The maximum absolute atomic E-state index is 12.5. The van der Waals surface area contributed by atoms with Gasteiger partial charge in [-0.1, -0.05) is 0 Å². The van der Waals surface area contributed by atoms with E-state index >= 15 is 0 Å². The third kappa shape index (κ3) is 3.56. The van der Waals surface area contributed by atoms with Gasteiger partial charge in [-0.15, -0.1) is 0 Å². The summed E-state index contributed by atoms with van der Waals surface area (Å²) in [4.78, 5) is 14.5. The van der Waals surface area contributed by atoms with Gasteiger partial charge in [0.15, 0.2) is 0 Å². The van der Waals surface area contributed by atoms with Crippen molar-refractivity contribution in [2.24, 2.45) is 5.92 Å². The number of piperidine rings is 1. The summed E-state index contributed by atoms with van der Waals surface area (Å²) in [6.45, 7) is 4.66. The molecule has 3 rings (SSSR count). The third-order valence-corrected chi connectivity index (χ3v) is 4.61. The number of carbonyl (C=O) groups excluding carboxylic acids is 1. The number of aromatic hydroxyl groups is 1. The van der Waals surface area contributed by atoms with Gasteiger partial charge in [-0.25, -0.2) is 0 Å². The second kappa shape index (κ2) is 6.06. The number of benzene rings is 1. The first-order valence-corrected chi connectivity index (χ1v) is 7.96. The molecule has 2 aliphatic rings. The SMILES string of the molecule is Cc1cc(O)ccc1C(=O)N1CCC(NCC2CC2)CC1. The highest BCUT2D eigenvalue weighted by molar-refractivity contribution is 5.95. The Labute approximate surface area is 126 Å². The van der Waals surface area contributed by atoms with Crippen molar-refractivity contribution >= 4 is 5.91 Å². The average Bonchev–Trinajstić information content (AvgIpc) is 3.29. The summed E-state index contributed by atoms with van der Waals surface area (Å²) in [7, 11) is 0. The number of phenols is 1. The van der Waals surface area contributed by atoms with Crippen LogP contribution in [0.15, 0.2) is 18.2 Å². The van der Waals surface area contributed by atoms with Gasteiger partial charge in [-0.05, 0) is 68.8 Å². The molecular formula is C17H24N2O2. The van der Waals surface area contributed by atoms with Crippen LogP contribution < -0.4 is 5.32 Å². The van der Waals surface area contributed by atoms with Gasteiger partial charge in [-0.3, -0.25) is 4.79 Å². The fraction of sp³-hybridized carbons (Fsp3) is 0.588. The number of nitrogens with zero attached hydrogens (tertiary/aromatic N) is 1. The molecule has 0 radical (unpaired) electrons. The summed E-state index contributed by atoms with van der Waals surface area (Å²) in [5.41, 5.74) is 1.55. The Morgan fingerprint density at radius 3 is 2.62 bits per heavy atom. The first-order valence-electron chi connectivity index (χ1n) is 7.96. The molecule has 1 saturated carbocycles. The van der Waals surface area contributed by atoms with Crippen LogP contribution in [0.4, 0.5) is 0 Å². The average molecular weight is 288 g/mol. The second-order valence-electron chi connectivity index (χ2n) is 6.42. The summed E-state index contributed by atoms with van der Waals surface area (Å²) in [6.07, 6.45) is 4.83. The van der Waals surface area contributed by atoms with E-state index < -0.39 is 0 Å². The van der Waals surface area contributed by atoms with Gasteiger partial charge in [0, 0.05) is 24.7 Å². The van der Waals surface area contributed by atoms with Crippen LogP contribution in [0.3, 0.4) is 0 Å². The van der Waals surface area contributed by atoms with Crippen LogP contribution in [0, 0.1) is 12.8 Å². The van der Waals surface area contributed by atoms with Crippen LogP contribution in [-0.2, 0) is 0 Å². The number of likely N-dealkylation sites (tertiary alicyclic amines) is 1. The van der Waals surface area contributed by atoms with Crippen molar-refractivity contribution in [3.05, 3.63) is 29.3 Å². The minimum atomic E-state index is 0.0909. The molecule has 1 aliphatic heterocycles. The normalized spacial score (nSPS) is 19.8. The number of carbonyl (C=O) groups is 1. The van der Waals surface area contributed by atoms with Crippen molar-refractivity contribution in [1.29, 1.82) is 0 Å². The lowest BCUT2D eigenvalue weighted by Crippen LogP contribution is -2.45. The van der Waals surface area contributed by atoms with Crippen molar-refractivity contribution in [1.82, 2.24) is 10.2 Å². The summed E-state index contributed by atoms with van der Waals surface area (Å²) in [5, 5.41) is 13.1. The largest absolute Gasteiger partial charge is 0.508 e. The van der Waals surface area contributed by atoms with Gasteiger partial charge in [0.25, 0.3) is 5.91 Å². The molecule has 0 aromatic heterocycles. The second-order valence-corrected chi connectivity index (χ2v) is 6.42. The van der Waals surface area contributed by atoms with Crippen LogP contribution in [-0.4, -0.2) is 41.6 Å². The van der Waals surface area contributed by atoms with E-state index in [4.69, 9.17) is 0 Å². The molecule has 1 amide bonds. The lowest BCUT2D eigenvalue weighted by Gasteiger charge is -2.33. The quantitative estimate of drug-likeness (QED) is 0.894. The Balaban J connectivity index is 1.54. The Kier molecular flexibility index (Phi) is 4.15.